The number of aliphatic carboxylic acids is 1. The second-order valence-corrected chi connectivity index (χ2v) is 14.2. The molecule has 0 aliphatic carbocycles. The molecule has 3 amide bonds. The van der Waals surface area contributed by atoms with Gasteiger partial charge >= 0.3 is 5.97 Å². The average Bonchev–Trinajstić information content (AvgIpc) is 3.56. The fourth-order valence-corrected chi connectivity index (χ4v) is 8.65. The fourth-order valence-electron chi connectivity index (χ4n) is 7.03. The summed E-state index contributed by atoms with van der Waals surface area (Å²) in [5.41, 5.74) is 2.87. The van der Waals surface area contributed by atoms with E-state index in [4.69, 9.17) is 0 Å². The molecule has 4 aliphatic rings. The lowest BCUT2D eigenvalue weighted by atomic mass is 9.95. The molecule has 3 saturated heterocycles. The number of rotatable bonds is 7. The number of carboxylic acids is 1. The van der Waals surface area contributed by atoms with Gasteiger partial charge in [-0.05, 0) is 43.5 Å². The van der Waals surface area contributed by atoms with Crippen molar-refractivity contribution in [2.75, 3.05) is 31.1 Å². The molecular formula is C32H34N6O6S. The van der Waals surface area contributed by atoms with Crippen LogP contribution in [0, 0.1) is 0 Å². The van der Waals surface area contributed by atoms with E-state index in [2.05, 4.69) is 26.9 Å². The van der Waals surface area contributed by atoms with Crippen LogP contribution in [0.4, 0.5) is 5.69 Å². The lowest BCUT2D eigenvalue weighted by Gasteiger charge is -2.44. The first-order valence-electron chi connectivity index (χ1n) is 15.1. The van der Waals surface area contributed by atoms with E-state index in [1.807, 2.05) is 10.6 Å². The van der Waals surface area contributed by atoms with Crippen LogP contribution in [-0.4, -0.2) is 86.6 Å². The Labute approximate surface area is 263 Å². The minimum absolute atomic E-state index is 0.0650. The second kappa shape index (κ2) is 10.9. The summed E-state index contributed by atoms with van der Waals surface area (Å²) in [5, 5.41) is 18.5. The number of hydrogen-bond acceptors (Lipinski definition) is 8. The molecule has 1 aromatic heterocycles. The lowest BCUT2D eigenvalue weighted by molar-refractivity contribution is -0.161. The van der Waals surface area contributed by atoms with Crippen molar-refractivity contribution in [3.63, 3.8) is 0 Å². The second-order valence-electron chi connectivity index (χ2n) is 12.5. The molecule has 2 aromatic carbocycles. The average molecular weight is 631 g/mol. The predicted octanol–water partition coefficient (Wildman–Crippen LogP) is 1.07. The Morgan fingerprint density at radius 2 is 1.80 bits per heavy atom. The van der Waals surface area contributed by atoms with E-state index in [0.29, 0.717) is 17.5 Å². The van der Waals surface area contributed by atoms with Crippen LogP contribution < -0.4 is 26.3 Å². The lowest BCUT2D eigenvalue weighted by Crippen LogP contribution is -2.71. The fraction of sp³-hybridized carbons (Fsp3) is 0.406. The molecule has 234 valence electrons. The molecule has 4 N–H and O–H groups in total. The minimum Gasteiger partial charge on any atom is -0.480 e. The summed E-state index contributed by atoms with van der Waals surface area (Å²) in [6.07, 6.45) is 2.32. The number of nitrogens with zero attached hydrogens (tertiary/aromatic N) is 3. The molecule has 13 heteroatoms. The summed E-state index contributed by atoms with van der Waals surface area (Å²) < 4.78 is 1.18. The number of aromatic nitrogens is 1. The maximum absolute atomic E-state index is 13.9. The van der Waals surface area contributed by atoms with E-state index in [0.717, 1.165) is 49.4 Å². The zero-order valence-corrected chi connectivity index (χ0v) is 25.7. The van der Waals surface area contributed by atoms with Gasteiger partial charge in [0, 0.05) is 54.7 Å². The number of β-lactam (4-membered cyclic amide) rings is 1. The number of amides is 3. The topological polar surface area (TPSA) is 153 Å². The minimum atomic E-state index is -1.20. The molecule has 12 nitrogen and oxygen atoms in total. The Morgan fingerprint density at radius 1 is 1.07 bits per heavy atom. The van der Waals surface area contributed by atoms with Crippen molar-refractivity contribution < 1.29 is 24.3 Å². The van der Waals surface area contributed by atoms with Crippen LogP contribution in [0.1, 0.15) is 41.4 Å². The van der Waals surface area contributed by atoms with E-state index in [1.54, 1.807) is 50.4 Å². The molecule has 45 heavy (non-hydrogen) atoms. The molecule has 0 saturated carbocycles. The van der Waals surface area contributed by atoms with E-state index in [-0.39, 0.29) is 5.56 Å². The highest BCUT2D eigenvalue weighted by Gasteiger charge is 2.64. The van der Waals surface area contributed by atoms with Gasteiger partial charge in [0.1, 0.15) is 29.1 Å². The molecule has 0 spiro atoms. The van der Waals surface area contributed by atoms with E-state index in [1.165, 1.54) is 16.7 Å². The molecule has 5 heterocycles. The first kappa shape index (κ1) is 29.4. The van der Waals surface area contributed by atoms with Gasteiger partial charge in [-0.1, -0.05) is 30.3 Å². The molecule has 3 fully saturated rings. The quantitative estimate of drug-likeness (QED) is 0.281. The summed E-state index contributed by atoms with van der Waals surface area (Å²) in [6.45, 7) is 7.50. The molecule has 3 aromatic rings. The molecular weight excluding hydrogens is 596 g/mol. The number of aryl methyl sites for hydroxylation is 2. The Hall–Kier alpha value is -4.36. The molecule has 0 bridgehead atoms. The summed E-state index contributed by atoms with van der Waals surface area (Å²) in [4.78, 5) is 70.0. The molecule has 4 unspecified atom stereocenters. The van der Waals surface area contributed by atoms with Gasteiger partial charge in [-0.3, -0.25) is 19.2 Å². The SMILES string of the molecule is CC1(C)SC2C(NC(=O)C(NC(=O)c3cn4c5c(cc(N6CCNCC6)cc5c3=O)CC4)c3ccccc3)C(=O)N2C1C(=O)O. The van der Waals surface area contributed by atoms with Crippen molar-refractivity contribution in [1.82, 2.24) is 25.4 Å². The number of anilines is 1. The van der Waals surface area contributed by atoms with Crippen LogP contribution in [0.5, 0.6) is 0 Å². The third kappa shape index (κ3) is 4.85. The number of thioether (sulfide) groups is 1. The van der Waals surface area contributed by atoms with Crippen LogP contribution in [0.2, 0.25) is 0 Å². The van der Waals surface area contributed by atoms with Crippen LogP contribution in [-0.2, 0) is 27.3 Å². The van der Waals surface area contributed by atoms with Gasteiger partial charge in [-0.15, -0.1) is 11.8 Å². The highest BCUT2D eigenvalue weighted by Crippen LogP contribution is 2.50. The van der Waals surface area contributed by atoms with Gasteiger partial charge in [-0.25, -0.2) is 4.79 Å². The molecule has 0 radical (unpaired) electrons. The molecule has 7 rings (SSSR count). The summed E-state index contributed by atoms with van der Waals surface area (Å²) in [7, 11) is 0. The highest BCUT2D eigenvalue weighted by atomic mass is 32.2. The smallest absolute Gasteiger partial charge is 0.327 e. The van der Waals surface area contributed by atoms with E-state index < -0.39 is 57.4 Å². The van der Waals surface area contributed by atoms with Crippen LogP contribution in [0.15, 0.2) is 53.5 Å². The largest absolute Gasteiger partial charge is 0.480 e. The van der Waals surface area contributed by atoms with Crippen molar-refractivity contribution in [3.8, 4) is 0 Å². The van der Waals surface area contributed by atoms with Gasteiger partial charge < -0.3 is 35.4 Å². The number of carbonyl (C=O) groups is 4. The number of hydrogen-bond donors (Lipinski definition) is 4. The number of nitrogens with one attached hydrogen (secondary N) is 3. The third-order valence-corrected chi connectivity index (χ3v) is 10.8. The maximum Gasteiger partial charge on any atom is 0.327 e. The zero-order valence-electron chi connectivity index (χ0n) is 24.9. The number of carbonyl (C=O) groups excluding carboxylic acids is 3. The van der Waals surface area contributed by atoms with Gasteiger partial charge in [0.15, 0.2) is 0 Å². The number of pyridine rings is 1. The number of benzene rings is 2. The normalized spacial score (nSPS) is 23.8. The van der Waals surface area contributed by atoms with Crippen LogP contribution >= 0.6 is 11.8 Å². The Morgan fingerprint density at radius 3 is 2.51 bits per heavy atom. The Balaban J connectivity index is 1.17. The predicted molar refractivity (Wildman–Crippen MR) is 169 cm³/mol. The van der Waals surface area contributed by atoms with Gasteiger partial charge in [-0.2, -0.15) is 0 Å². The van der Waals surface area contributed by atoms with E-state index in [9.17, 15) is 29.1 Å². The van der Waals surface area contributed by atoms with Crippen molar-refractivity contribution in [3.05, 3.63) is 75.6 Å². The third-order valence-electron chi connectivity index (χ3n) is 9.23. The number of fused-ring (bicyclic) bond motifs is 1. The van der Waals surface area contributed by atoms with Crippen molar-refractivity contribution >= 4 is 52.0 Å². The summed E-state index contributed by atoms with van der Waals surface area (Å²) >= 11 is 1.32. The monoisotopic (exact) mass is 630 g/mol. The van der Waals surface area contributed by atoms with Gasteiger partial charge in [0.05, 0.1) is 5.52 Å². The van der Waals surface area contributed by atoms with Crippen molar-refractivity contribution in [1.29, 1.82) is 0 Å². The first-order valence-corrected chi connectivity index (χ1v) is 16.0. The number of piperazine rings is 1. The van der Waals surface area contributed by atoms with Crippen LogP contribution in [0.25, 0.3) is 10.9 Å². The molecule has 4 aliphatic heterocycles. The molecule has 4 atom stereocenters. The van der Waals surface area contributed by atoms with Gasteiger partial charge in [0.2, 0.25) is 17.2 Å². The van der Waals surface area contributed by atoms with Crippen LogP contribution in [0.3, 0.4) is 0 Å². The van der Waals surface area contributed by atoms with Crippen molar-refractivity contribution in [2.24, 2.45) is 0 Å². The summed E-state index contributed by atoms with van der Waals surface area (Å²) in [5.74, 6) is -2.90. The maximum atomic E-state index is 13.9. The highest BCUT2D eigenvalue weighted by molar-refractivity contribution is 8.01. The van der Waals surface area contributed by atoms with Crippen molar-refractivity contribution in [2.45, 2.75) is 55.1 Å². The number of carboxylic acid groups (broad SMARTS) is 1. The standard InChI is InChI=1S/C32H34N6O6S/c1-32(2)26(31(43)44)38-29(42)23(30(38)45-32)35-28(41)22(17-6-4-3-5-7-17)34-27(40)21-16-37-11-8-18-14-19(36-12-9-33-10-13-36)15-20(24(18)37)25(21)39/h3-7,14-16,22-23,26,30,33H,8-13H2,1-2H3,(H,34,40)(H,35,41)(H,43,44). The zero-order chi connectivity index (χ0) is 31.6. The first-order chi connectivity index (χ1) is 21.5. The van der Waals surface area contributed by atoms with Gasteiger partial charge in [0.25, 0.3) is 5.91 Å². The summed E-state index contributed by atoms with van der Waals surface area (Å²) in [6, 6.07) is 9.46. The van der Waals surface area contributed by atoms with E-state index >= 15 is 0 Å². The Bertz CT molecular complexity index is 1800. The Kier molecular flexibility index (Phi) is 7.12.